The maximum Gasteiger partial charge on any atom is 0.191 e. The molecule has 12 N–H and O–H groups in total. The van der Waals surface area contributed by atoms with Gasteiger partial charge in [0.15, 0.2) is 66.4 Å². The average Bonchev–Trinajstić information content (AvgIpc) is 1.49. The Hall–Kier alpha value is -7.14. The summed E-state index contributed by atoms with van der Waals surface area (Å²) in [5.74, 6) is 0.533. The van der Waals surface area contributed by atoms with Gasteiger partial charge in [0.2, 0.25) is 0 Å². The highest BCUT2D eigenvalue weighted by atomic mass is 32.2. The Labute approximate surface area is 669 Å². The zero-order valence-corrected chi connectivity index (χ0v) is 60.7. The van der Waals surface area contributed by atoms with Crippen molar-refractivity contribution in [2.75, 3.05) is 72.7 Å². The number of thioether (sulfide) groups is 3. The van der Waals surface area contributed by atoms with Gasteiger partial charge in [0.1, 0.15) is 53.9 Å². The van der Waals surface area contributed by atoms with Gasteiger partial charge in [0, 0.05) is 80.5 Å². The van der Waals surface area contributed by atoms with E-state index in [2.05, 4.69) is 81.5 Å². The van der Waals surface area contributed by atoms with Crippen LogP contribution in [0.25, 0.3) is 33.5 Å². The van der Waals surface area contributed by atoms with Gasteiger partial charge >= 0.3 is 0 Å². The fraction of sp³-hybridized carbons (Fsp3) is 0.583. The van der Waals surface area contributed by atoms with Crippen LogP contribution in [0.1, 0.15) is 183 Å². The Morgan fingerprint density at radius 1 is 0.472 bits per heavy atom. The molecule has 6 saturated carbocycles. The summed E-state index contributed by atoms with van der Waals surface area (Å²) >= 11 is 3.54. The largest absolute Gasteiger partial charge is 0.394 e. The molecule has 582 valence electrons. The summed E-state index contributed by atoms with van der Waals surface area (Å²) in [5, 5.41) is 128. The summed E-state index contributed by atoms with van der Waals surface area (Å²) in [5.41, 5.74) is 2.06. The number of benzene rings is 3. The molecule has 0 saturated heterocycles. The minimum Gasteiger partial charge on any atom is -0.394 e. The zero-order valence-electron chi connectivity index (χ0n) is 84.3. The van der Waals surface area contributed by atoms with Crippen LogP contribution in [0.4, 0.5) is 30.6 Å². The van der Waals surface area contributed by atoms with Gasteiger partial charge in [-0.15, -0.1) is 15.3 Å². The molecule has 3 aromatic carbocycles. The Morgan fingerprint density at radius 2 is 0.796 bits per heavy atom. The fourth-order valence-electron chi connectivity index (χ4n) is 11.5. The lowest BCUT2D eigenvalue weighted by molar-refractivity contribution is -0.0629. The minimum atomic E-state index is -4.22. The van der Waals surface area contributed by atoms with Gasteiger partial charge in [-0.3, -0.25) is 0 Å². The highest BCUT2D eigenvalue weighted by Crippen LogP contribution is 2.48. The minimum absolute atomic E-state index is 0.0462. The van der Waals surface area contributed by atoms with Gasteiger partial charge in [-0.2, -0.15) is 0 Å². The highest BCUT2D eigenvalue weighted by Gasteiger charge is 2.49. The van der Waals surface area contributed by atoms with Crippen molar-refractivity contribution < 1.29 is 109 Å². The van der Waals surface area contributed by atoms with Crippen molar-refractivity contribution in [1.29, 1.82) is 0 Å². The lowest BCUT2D eigenvalue weighted by atomic mass is 10.1. The van der Waals surface area contributed by atoms with E-state index in [4.69, 9.17) is 45.1 Å². The van der Waals surface area contributed by atoms with E-state index >= 15 is 0 Å². The first kappa shape index (κ1) is 52.2. The summed E-state index contributed by atoms with van der Waals surface area (Å²) in [6.45, 7) is -6.52. The van der Waals surface area contributed by atoms with E-state index in [0.29, 0.717) is 75.4 Å². The van der Waals surface area contributed by atoms with Crippen molar-refractivity contribution in [3.05, 3.63) is 105 Å². The number of nitrogens with zero attached hydrogens (tertiary/aromatic N) is 15. The molecule has 36 heteroatoms. The normalized spacial score (nSPS) is 41.2. The molecular weight excluding hydrogens is 1460 g/mol. The molecule has 0 amide bonds. The number of aliphatic hydroxyl groups is 9. The maximum absolute atomic E-state index is 14.2. The van der Waals surface area contributed by atoms with E-state index < -0.39 is 143 Å². The lowest BCUT2D eigenvalue weighted by Gasteiger charge is -2.17. The van der Waals surface area contributed by atoms with Crippen LogP contribution in [0.2, 0.25) is 0 Å². The number of fused-ring (bicyclic) bond motifs is 3. The second kappa shape index (κ2) is 35.1. The Kier molecular flexibility index (Phi) is 16.9. The first-order valence-electron chi connectivity index (χ1n) is 46.8. The lowest BCUT2D eigenvalue weighted by Crippen LogP contribution is -2.33. The van der Waals surface area contributed by atoms with E-state index in [1.807, 2.05) is 32.9 Å². The van der Waals surface area contributed by atoms with Crippen LogP contribution in [-0.4, -0.2) is 250 Å². The number of aliphatic hydroxyl groups excluding tert-OH is 1. The predicted octanol–water partition coefficient (Wildman–Crippen LogP) is 6.55. The summed E-state index contributed by atoms with van der Waals surface area (Å²) in [6.07, 6.45) is -43.4. The second-order valence-electron chi connectivity index (χ2n) is 25.1. The Morgan fingerprint density at radius 3 is 1.09 bits per heavy atom. The SMILES string of the molecule is [2H]C([2H])(CO)O[C@@]1([2H])C([2H])([2H])[C@@]([2H])(n2nnc3c(N[C@@H]4C[C@H]4c4ccc(C)c(F)c4)nc(SCCC)nc32)[C@]([2H])(O)[C@]1([2H])O.[2H]C([2H])(O)C([2H])([2H])O[C@@]1([2H])C([2H])([2H])[C@@]([2H])(n2nnc3c(N[C@@H]4C[C@H]4c4ccc(C)c(F)c4)nc(SCCC)nc32)[C@]([2H])(O)[C@]1([2H])O.[2H]C([2H])(O)CO[C@@]1([2H])C([2H])([2H])[C@@]([2H])(n2nnc3c(N[C@@H]4C[C@H]4c4ccc(C)c(F)c4)nc(SCCC)nc32)[C@]([2H])(O)[C@]1([2H])O. The van der Waals surface area contributed by atoms with Crippen molar-refractivity contribution in [1.82, 2.24) is 74.9 Å². The van der Waals surface area contributed by atoms with Crippen molar-refractivity contribution in [2.24, 2.45) is 0 Å². The van der Waals surface area contributed by atoms with Crippen molar-refractivity contribution in [2.45, 2.75) is 223 Å². The first-order chi connectivity index (χ1) is 61.5. The molecule has 18 atom stereocenters. The summed E-state index contributed by atoms with van der Waals surface area (Å²) < 4.78 is 273. The Bertz CT molecular complexity index is 5990. The first-order valence-corrected chi connectivity index (χ1v) is 36.8. The third kappa shape index (κ3) is 17.5. The van der Waals surface area contributed by atoms with Crippen molar-refractivity contribution in [3.8, 4) is 0 Å². The molecule has 108 heavy (non-hydrogen) atoms. The van der Waals surface area contributed by atoms with Gasteiger partial charge in [-0.25, -0.2) is 57.1 Å². The molecule has 6 aliphatic rings. The number of ether oxygens (including phenoxy) is 3. The predicted molar refractivity (Wildman–Crippen MR) is 398 cm³/mol. The summed E-state index contributed by atoms with van der Waals surface area (Å²) in [6, 6.07) is 3.17. The molecule has 0 aliphatic heterocycles. The molecule has 0 unspecified atom stereocenters. The van der Waals surface area contributed by atoms with Crippen LogP contribution in [0.3, 0.4) is 0 Å². The van der Waals surface area contributed by atoms with Gasteiger partial charge in [-0.05, 0) is 111 Å². The number of hydrogen-bond donors (Lipinski definition) is 12. The monoisotopic (exact) mass is 1580 g/mol. The molecule has 0 spiro atoms. The topological polar surface area (TPSA) is 415 Å². The van der Waals surface area contributed by atoms with Gasteiger partial charge in [0.25, 0.3) is 0 Å². The maximum atomic E-state index is 14.2. The summed E-state index contributed by atoms with van der Waals surface area (Å²) in [7, 11) is 0. The van der Waals surface area contributed by atoms with Crippen LogP contribution in [0.15, 0.2) is 70.1 Å². The van der Waals surface area contributed by atoms with E-state index in [9.17, 15) is 59.1 Å². The molecule has 6 fully saturated rings. The molecule has 0 radical (unpaired) electrons. The van der Waals surface area contributed by atoms with Crippen LogP contribution >= 0.6 is 35.3 Å². The van der Waals surface area contributed by atoms with Gasteiger partial charge < -0.3 is 76.1 Å². The molecule has 6 aromatic heterocycles. The van der Waals surface area contributed by atoms with Gasteiger partial charge in [0.05, 0.1) is 103 Å². The molecule has 15 rings (SSSR count). The number of hydrogen-bond acceptors (Lipinski definition) is 30. The number of aryl methyl sites for hydroxylation is 3. The quantitative estimate of drug-likeness (QED) is 0.0168. The average molecular weight is 1580 g/mol. The molecule has 30 nitrogen and oxygen atoms in total. The van der Waals surface area contributed by atoms with Crippen molar-refractivity contribution >= 4 is 86.2 Å². The summed E-state index contributed by atoms with van der Waals surface area (Å²) in [4.78, 5) is 26.4. The van der Waals surface area contributed by atoms with E-state index in [1.165, 1.54) is 41.7 Å². The number of anilines is 3. The van der Waals surface area contributed by atoms with Gasteiger partial charge in [-0.1, -0.05) is 108 Å². The number of aromatic nitrogens is 15. The number of halogens is 3. The van der Waals surface area contributed by atoms with E-state index in [-0.39, 0.29) is 113 Å². The smallest absolute Gasteiger partial charge is 0.191 e. The van der Waals surface area contributed by atoms with Crippen LogP contribution < -0.4 is 16.0 Å². The number of nitrogens with one attached hydrogen (secondary N) is 3. The molecule has 6 heterocycles. The molecule has 9 aromatic rings. The standard InChI is InChI=1S/3C24H31FN6O4S/c3*1-3-8-36-24-27-22(26-16-10-14(16)13-5-4-12(2)15(25)9-13)19-23(28-24)31(30-29-19)17-11-18(35-7-6-32)21(34)20(17)33/h3*4-5,9,14,16-18,20-21,32-34H,3,6-8,10-11H2,1-2H3,(H,26,27,28)/t3*14-,16+,17+,18-,20-,21+/m000/s1/i6D2,7D2,11D2,17D,18D,20D,21D;7D2,11D2,17D,18D,20D,21D;6D2,11D2,17D,18D,20D,21D. The van der Waals surface area contributed by atoms with Crippen LogP contribution in [0.5, 0.6) is 0 Å². The molecule has 6 aliphatic carbocycles. The zero-order chi connectivity index (χ0) is 99.8. The van der Waals surface area contributed by atoms with E-state index in [1.54, 1.807) is 45.0 Å². The fourth-order valence-corrected chi connectivity index (χ4v) is 13.5. The number of rotatable bonds is 30. The third-order valence-corrected chi connectivity index (χ3v) is 20.6. The van der Waals surface area contributed by atoms with Crippen LogP contribution in [0, 0.1) is 38.2 Å². The highest BCUT2D eigenvalue weighted by molar-refractivity contribution is 7.99. The van der Waals surface area contributed by atoms with E-state index in [0.717, 1.165) is 34.9 Å². The molecular formula is C72H93F3N18O12S3. The van der Waals surface area contributed by atoms with Crippen molar-refractivity contribution in [3.63, 3.8) is 0 Å². The van der Waals surface area contributed by atoms with Crippen LogP contribution in [-0.2, 0) is 14.2 Å². The molecule has 0 bridgehead atoms. The second-order valence-corrected chi connectivity index (χ2v) is 28.3. The third-order valence-electron chi connectivity index (χ3n) is 17.4. The Balaban J connectivity index is 0.000000170.